The van der Waals surface area contributed by atoms with Gasteiger partial charge in [-0.2, -0.15) is 0 Å². The molecule has 0 aromatic carbocycles. The smallest absolute Gasteiger partial charge is 0.329 e. The van der Waals surface area contributed by atoms with Crippen LogP contribution in [0.3, 0.4) is 0 Å². The molecule has 0 saturated carbocycles. The van der Waals surface area contributed by atoms with Crippen LogP contribution < -0.4 is 5.32 Å². The number of carboxylic acids is 1. The minimum atomic E-state index is -1.08. The highest BCUT2D eigenvalue weighted by Gasteiger charge is 2.01. The van der Waals surface area contributed by atoms with E-state index >= 15 is 0 Å². The van der Waals surface area contributed by atoms with Gasteiger partial charge >= 0.3 is 5.97 Å². The van der Waals surface area contributed by atoms with Crippen LogP contribution in [0, 0.1) is 0 Å². The molecule has 0 aromatic rings. The summed E-state index contributed by atoms with van der Waals surface area (Å²) in [7, 11) is 0. The summed E-state index contributed by atoms with van der Waals surface area (Å²) in [5.41, 5.74) is 0. The summed E-state index contributed by atoms with van der Waals surface area (Å²) in [5, 5.41) is 10.7. The number of hydrogen-bond donors (Lipinski definition) is 2. The van der Waals surface area contributed by atoms with Crippen molar-refractivity contribution in [3.05, 3.63) is 12.7 Å². The lowest BCUT2D eigenvalue weighted by molar-refractivity contribution is -0.143. The van der Waals surface area contributed by atoms with Gasteiger partial charge in [-0.05, 0) is 6.42 Å². The molecule has 0 radical (unpaired) electrons. The standard InChI is InChI=1S/C8H13NO4/c1-2-3-4-9-7(10)5-13-6-8(11)12/h2H,1,3-6H2,(H,9,10)(H,11,12). The SMILES string of the molecule is C=CCCNC(=O)COCC(=O)O. The fraction of sp³-hybridized carbons (Fsp3) is 0.500. The number of ether oxygens (including phenoxy) is 1. The van der Waals surface area contributed by atoms with Crippen LogP contribution in [0.4, 0.5) is 0 Å². The second kappa shape index (κ2) is 7.30. The summed E-state index contributed by atoms with van der Waals surface area (Å²) < 4.78 is 4.55. The van der Waals surface area contributed by atoms with Gasteiger partial charge in [-0.3, -0.25) is 4.79 Å². The van der Waals surface area contributed by atoms with Crippen molar-refractivity contribution in [2.24, 2.45) is 0 Å². The minimum Gasteiger partial charge on any atom is -0.480 e. The van der Waals surface area contributed by atoms with E-state index in [-0.39, 0.29) is 12.5 Å². The zero-order valence-corrected chi connectivity index (χ0v) is 7.28. The summed E-state index contributed by atoms with van der Waals surface area (Å²) in [4.78, 5) is 20.8. The Hall–Kier alpha value is -1.36. The third kappa shape index (κ3) is 8.55. The number of aliphatic carboxylic acids is 1. The van der Waals surface area contributed by atoms with E-state index in [1.54, 1.807) is 6.08 Å². The lowest BCUT2D eigenvalue weighted by atomic mass is 10.4. The van der Waals surface area contributed by atoms with Crippen LogP contribution in [-0.4, -0.2) is 36.7 Å². The van der Waals surface area contributed by atoms with Crippen LogP contribution in [-0.2, 0) is 14.3 Å². The Labute approximate surface area is 76.4 Å². The van der Waals surface area contributed by atoms with Crippen molar-refractivity contribution in [2.45, 2.75) is 6.42 Å². The molecule has 0 aliphatic rings. The molecule has 0 unspecified atom stereocenters. The maximum atomic E-state index is 10.8. The molecule has 0 aromatic heterocycles. The molecule has 0 atom stereocenters. The zero-order chi connectivity index (χ0) is 10.1. The number of amides is 1. The van der Waals surface area contributed by atoms with E-state index in [0.717, 1.165) is 0 Å². The number of hydrogen-bond acceptors (Lipinski definition) is 3. The van der Waals surface area contributed by atoms with Crippen LogP contribution in [0.25, 0.3) is 0 Å². The van der Waals surface area contributed by atoms with Crippen LogP contribution in [0.15, 0.2) is 12.7 Å². The van der Waals surface area contributed by atoms with Gasteiger partial charge in [-0.15, -0.1) is 6.58 Å². The monoisotopic (exact) mass is 187 g/mol. The van der Waals surface area contributed by atoms with Crippen molar-refractivity contribution in [3.8, 4) is 0 Å². The lowest BCUT2D eigenvalue weighted by Crippen LogP contribution is -2.29. The Kier molecular flexibility index (Phi) is 6.53. The minimum absolute atomic E-state index is 0.219. The van der Waals surface area contributed by atoms with Gasteiger partial charge in [0.2, 0.25) is 5.91 Å². The second-order valence-electron chi connectivity index (χ2n) is 2.31. The molecule has 1 amide bonds. The van der Waals surface area contributed by atoms with Crippen molar-refractivity contribution in [2.75, 3.05) is 19.8 Å². The van der Waals surface area contributed by atoms with E-state index in [1.807, 2.05) is 0 Å². The molecule has 2 N–H and O–H groups in total. The van der Waals surface area contributed by atoms with E-state index in [1.165, 1.54) is 0 Å². The Morgan fingerprint density at radius 3 is 2.69 bits per heavy atom. The van der Waals surface area contributed by atoms with Crippen LogP contribution >= 0.6 is 0 Å². The third-order valence-electron chi connectivity index (χ3n) is 1.13. The fourth-order valence-electron chi connectivity index (χ4n) is 0.596. The summed E-state index contributed by atoms with van der Waals surface area (Å²) in [6.07, 6.45) is 2.36. The number of carboxylic acid groups (broad SMARTS) is 1. The molecule has 13 heavy (non-hydrogen) atoms. The summed E-state index contributed by atoms with van der Waals surface area (Å²) in [5.74, 6) is -1.40. The van der Waals surface area contributed by atoms with Gasteiger partial charge in [0.15, 0.2) is 0 Å². The third-order valence-corrected chi connectivity index (χ3v) is 1.13. The van der Waals surface area contributed by atoms with Gasteiger partial charge in [0.25, 0.3) is 0 Å². The molecule has 0 fully saturated rings. The highest BCUT2D eigenvalue weighted by atomic mass is 16.5. The summed E-state index contributed by atoms with van der Waals surface area (Å²) >= 11 is 0. The predicted molar refractivity (Wildman–Crippen MR) is 46.3 cm³/mol. The molecule has 0 aliphatic heterocycles. The highest BCUT2D eigenvalue weighted by Crippen LogP contribution is 1.78. The first-order chi connectivity index (χ1) is 6.16. The Balaban J connectivity index is 3.30. The molecule has 0 rings (SSSR count). The van der Waals surface area contributed by atoms with E-state index in [4.69, 9.17) is 5.11 Å². The van der Waals surface area contributed by atoms with Gasteiger partial charge in [-0.1, -0.05) is 6.08 Å². The topological polar surface area (TPSA) is 75.6 Å². The molecule has 0 spiro atoms. The molecule has 5 heteroatoms. The van der Waals surface area contributed by atoms with Gasteiger partial charge < -0.3 is 15.2 Å². The predicted octanol–water partition coefficient (Wildman–Crippen LogP) is -0.220. The van der Waals surface area contributed by atoms with Gasteiger partial charge in [0, 0.05) is 6.54 Å². The van der Waals surface area contributed by atoms with E-state index < -0.39 is 12.6 Å². The molecule has 0 heterocycles. The highest BCUT2D eigenvalue weighted by molar-refractivity contribution is 5.77. The first-order valence-corrected chi connectivity index (χ1v) is 3.84. The lowest BCUT2D eigenvalue weighted by Gasteiger charge is -2.02. The summed E-state index contributed by atoms with van der Waals surface area (Å²) in [6, 6.07) is 0. The molecule has 5 nitrogen and oxygen atoms in total. The van der Waals surface area contributed by atoms with E-state index in [0.29, 0.717) is 13.0 Å². The second-order valence-corrected chi connectivity index (χ2v) is 2.31. The van der Waals surface area contributed by atoms with Crippen molar-refractivity contribution >= 4 is 11.9 Å². The van der Waals surface area contributed by atoms with Gasteiger partial charge in [0.1, 0.15) is 13.2 Å². The molecule has 0 bridgehead atoms. The number of rotatable bonds is 7. The fourth-order valence-corrected chi connectivity index (χ4v) is 0.596. The Morgan fingerprint density at radius 1 is 1.46 bits per heavy atom. The zero-order valence-electron chi connectivity index (χ0n) is 7.28. The number of carbonyl (C=O) groups excluding carboxylic acids is 1. The Bertz CT molecular complexity index is 191. The average molecular weight is 187 g/mol. The number of carbonyl (C=O) groups is 2. The van der Waals surface area contributed by atoms with Crippen molar-refractivity contribution in [3.63, 3.8) is 0 Å². The molecule has 74 valence electrons. The van der Waals surface area contributed by atoms with Crippen molar-refractivity contribution < 1.29 is 19.4 Å². The summed E-state index contributed by atoms with van der Waals surface area (Å²) in [6.45, 7) is 3.31. The molecular weight excluding hydrogens is 174 g/mol. The average Bonchev–Trinajstić information content (AvgIpc) is 2.04. The van der Waals surface area contributed by atoms with Crippen LogP contribution in [0.5, 0.6) is 0 Å². The van der Waals surface area contributed by atoms with E-state index in [2.05, 4.69) is 16.6 Å². The molecule has 0 saturated heterocycles. The quantitative estimate of drug-likeness (QED) is 0.427. The van der Waals surface area contributed by atoms with Crippen LogP contribution in [0.2, 0.25) is 0 Å². The van der Waals surface area contributed by atoms with Crippen LogP contribution in [0.1, 0.15) is 6.42 Å². The molecular formula is C8H13NO4. The largest absolute Gasteiger partial charge is 0.480 e. The van der Waals surface area contributed by atoms with Crippen molar-refractivity contribution in [1.29, 1.82) is 0 Å². The maximum absolute atomic E-state index is 10.8. The van der Waals surface area contributed by atoms with Gasteiger partial charge in [0.05, 0.1) is 0 Å². The molecule has 0 aliphatic carbocycles. The van der Waals surface area contributed by atoms with Crippen molar-refractivity contribution in [1.82, 2.24) is 5.32 Å². The van der Waals surface area contributed by atoms with Gasteiger partial charge in [-0.25, -0.2) is 4.79 Å². The first-order valence-electron chi connectivity index (χ1n) is 3.84. The van der Waals surface area contributed by atoms with E-state index in [9.17, 15) is 9.59 Å². The number of nitrogens with one attached hydrogen (secondary N) is 1. The first kappa shape index (κ1) is 11.6. The Morgan fingerprint density at radius 2 is 2.15 bits per heavy atom. The maximum Gasteiger partial charge on any atom is 0.329 e. The normalized spacial score (nSPS) is 9.23.